The topological polar surface area (TPSA) is 38.9 Å². The molecule has 1 aromatic rings. The fraction of sp³-hybridized carbons (Fsp3) is 0. The summed E-state index contributed by atoms with van der Waals surface area (Å²) in [6.45, 7) is 0. The first-order chi connectivity index (χ1) is 3.70. The zero-order valence-corrected chi connectivity index (χ0v) is 8.82. The molecule has 2 nitrogen and oxygen atoms in total. The van der Waals surface area contributed by atoms with E-state index in [-0.39, 0.29) is 0 Å². The van der Waals surface area contributed by atoms with Crippen LogP contribution in [0.2, 0.25) is 0 Å². The molecule has 1 aromatic heterocycles. The summed E-state index contributed by atoms with van der Waals surface area (Å²) >= 11 is 5.89. The van der Waals surface area contributed by atoms with Crippen LogP contribution in [0.4, 0.5) is 5.13 Å². The Hall–Kier alpha value is 0.890. The second-order valence-corrected chi connectivity index (χ2v) is 4.98. The number of halogens is 2. The van der Waals surface area contributed by atoms with Gasteiger partial charge in [0.25, 0.3) is 0 Å². The number of nitrogen functional groups attached to an aromatic ring is 1. The highest BCUT2D eigenvalue weighted by Crippen LogP contribution is 2.22. The first-order valence-corrected chi connectivity index (χ1v) is 4.75. The second-order valence-electron chi connectivity index (χ2n) is 1.12. The summed E-state index contributed by atoms with van der Waals surface area (Å²) in [7, 11) is 0. The Morgan fingerprint density at radius 2 is 2.12 bits per heavy atom. The average Bonchev–Trinajstić information content (AvgIpc) is 1.85. The number of anilines is 1. The summed E-state index contributed by atoms with van der Waals surface area (Å²) in [6, 6.07) is 0. The van der Waals surface area contributed by atoms with Crippen LogP contribution < -0.4 is 5.73 Å². The molecule has 0 fully saturated rings. The SMILES string of the molecule is Nc1nc(I)c(I)s1. The molecule has 0 radical (unpaired) electrons. The highest BCUT2D eigenvalue weighted by molar-refractivity contribution is 14.1. The van der Waals surface area contributed by atoms with Crippen LogP contribution >= 0.6 is 56.5 Å². The lowest BCUT2D eigenvalue weighted by molar-refractivity contribution is 1.35. The van der Waals surface area contributed by atoms with Crippen LogP contribution in [0.1, 0.15) is 0 Å². The lowest BCUT2D eigenvalue weighted by Gasteiger charge is -1.72. The Morgan fingerprint density at radius 1 is 1.50 bits per heavy atom. The van der Waals surface area contributed by atoms with E-state index in [9.17, 15) is 0 Å². The van der Waals surface area contributed by atoms with E-state index in [1.807, 2.05) is 0 Å². The molecule has 0 atom stereocenters. The van der Waals surface area contributed by atoms with Crippen molar-refractivity contribution in [1.82, 2.24) is 4.98 Å². The van der Waals surface area contributed by atoms with Crippen molar-refractivity contribution in [1.29, 1.82) is 0 Å². The molecule has 2 N–H and O–H groups in total. The van der Waals surface area contributed by atoms with Crippen molar-refractivity contribution in [2.24, 2.45) is 0 Å². The van der Waals surface area contributed by atoms with Gasteiger partial charge in [-0.3, -0.25) is 0 Å². The monoisotopic (exact) mass is 352 g/mol. The molecule has 5 heteroatoms. The Kier molecular flexibility index (Phi) is 2.32. The summed E-state index contributed by atoms with van der Waals surface area (Å²) in [6.07, 6.45) is 0. The number of nitrogens with two attached hydrogens (primary N) is 1. The van der Waals surface area contributed by atoms with Gasteiger partial charge in [-0.15, -0.1) is 0 Å². The summed E-state index contributed by atoms with van der Waals surface area (Å²) in [4.78, 5) is 3.99. The van der Waals surface area contributed by atoms with Crippen molar-refractivity contribution in [2.45, 2.75) is 0 Å². The quantitative estimate of drug-likeness (QED) is 0.725. The van der Waals surface area contributed by atoms with Crippen molar-refractivity contribution in [3.05, 3.63) is 6.58 Å². The molecule has 0 aliphatic rings. The van der Waals surface area contributed by atoms with Crippen molar-refractivity contribution < 1.29 is 0 Å². The zero-order chi connectivity index (χ0) is 6.15. The van der Waals surface area contributed by atoms with Gasteiger partial charge in [0.1, 0.15) is 6.58 Å². The predicted molar refractivity (Wildman–Crippen MR) is 52.0 cm³/mol. The first-order valence-electron chi connectivity index (χ1n) is 1.77. The number of rotatable bonds is 0. The minimum atomic E-state index is 0.652. The highest BCUT2D eigenvalue weighted by atomic mass is 127. The van der Waals surface area contributed by atoms with Gasteiger partial charge in [-0.25, -0.2) is 4.98 Å². The molecule has 0 saturated carbocycles. The molecule has 0 aliphatic heterocycles. The van der Waals surface area contributed by atoms with Crippen LogP contribution in [0.5, 0.6) is 0 Å². The van der Waals surface area contributed by atoms with Gasteiger partial charge in [-0.2, -0.15) is 0 Å². The molecule has 1 rings (SSSR count). The standard InChI is InChI=1S/C3H2I2N2S/c4-1-2(5)8-3(6)7-1/h(H2,6,7). The molecular weight excluding hydrogens is 350 g/mol. The van der Waals surface area contributed by atoms with Crippen molar-refractivity contribution in [2.75, 3.05) is 5.73 Å². The number of thiazole rings is 1. The van der Waals surface area contributed by atoms with Gasteiger partial charge in [0.05, 0.1) is 0 Å². The predicted octanol–water partition coefficient (Wildman–Crippen LogP) is 1.93. The Morgan fingerprint density at radius 3 is 2.25 bits per heavy atom. The highest BCUT2D eigenvalue weighted by Gasteiger charge is 2.00. The van der Waals surface area contributed by atoms with Gasteiger partial charge in [-0.05, 0) is 45.2 Å². The van der Waals surface area contributed by atoms with Gasteiger partial charge >= 0.3 is 0 Å². The van der Waals surface area contributed by atoms with E-state index < -0.39 is 0 Å². The van der Waals surface area contributed by atoms with Crippen molar-refractivity contribution in [3.8, 4) is 0 Å². The second kappa shape index (κ2) is 2.65. The van der Waals surface area contributed by atoms with Gasteiger partial charge in [0, 0.05) is 0 Å². The van der Waals surface area contributed by atoms with E-state index in [0.29, 0.717) is 5.13 Å². The maximum absolute atomic E-state index is 5.38. The molecule has 0 bridgehead atoms. The maximum atomic E-state index is 5.38. The molecule has 8 heavy (non-hydrogen) atoms. The maximum Gasteiger partial charge on any atom is 0.182 e. The number of aromatic nitrogens is 1. The molecule has 0 spiro atoms. The minimum absolute atomic E-state index is 0.652. The Labute approximate surface area is 78.2 Å². The third kappa shape index (κ3) is 1.44. The van der Waals surface area contributed by atoms with E-state index in [1.54, 1.807) is 0 Å². The van der Waals surface area contributed by atoms with E-state index in [1.165, 1.54) is 14.2 Å². The first kappa shape index (κ1) is 7.00. The zero-order valence-electron chi connectivity index (χ0n) is 3.69. The summed E-state index contributed by atoms with van der Waals surface area (Å²) < 4.78 is 2.17. The average molecular weight is 352 g/mol. The van der Waals surface area contributed by atoms with E-state index in [4.69, 9.17) is 5.73 Å². The summed E-state index contributed by atoms with van der Waals surface area (Å²) in [5.41, 5.74) is 5.38. The molecule has 0 aromatic carbocycles. The van der Waals surface area contributed by atoms with Gasteiger partial charge in [-0.1, -0.05) is 11.3 Å². The number of nitrogens with zero attached hydrogens (tertiary/aromatic N) is 1. The van der Waals surface area contributed by atoms with Crippen LogP contribution in [-0.2, 0) is 0 Å². The largest absolute Gasteiger partial charge is 0.375 e. The van der Waals surface area contributed by atoms with Crippen LogP contribution in [0.25, 0.3) is 0 Å². The molecule has 44 valence electrons. The fourth-order valence-electron chi connectivity index (χ4n) is 0.297. The molecular formula is C3H2I2N2S. The third-order valence-electron chi connectivity index (χ3n) is 0.565. The van der Waals surface area contributed by atoms with Gasteiger partial charge in [0.15, 0.2) is 5.13 Å². The van der Waals surface area contributed by atoms with Crippen molar-refractivity contribution in [3.63, 3.8) is 0 Å². The van der Waals surface area contributed by atoms with Crippen LogP contribution in [0.15, 0.2) is 0 Å². The lowest BCUT2D eigenvalue weighted by Crippen LogP contribution is -1.80. The smallest absolute Gasteiger partial charge is 0.182 e. The van der Waals surface area contributed by atoms with Gasteiger partial charge < -0.3 is 5.73 Å². The van der Waals surface area contributed by atoms with Crippen LogP contribution in [0.3, 0.4) is 0 Å². The summed E-state index contributed by atoms with van der Waals surface area (Å²) in [5, 5.41) is 0.652. The van der Waals surface area contributed by atoms with Gasteiger partial charge in [0.2, 0.25) is 0 Å². The normalized spacial score (nSPS) is 9.75. The van der Waals surface area contributed by atoms with Crippen LogP contribution in [-0.4, -0.2) is 4.98 Å². The van der Waals surface area contributed by atoms with Crippen molar-refractivity contribution >= 4 is 61.7 Å². The molecule has 0 amide bonds. The lowest BCUT2D eigenvalue weighted by atomic mass is 11.0. The molecule has 0 aliphatic carbocycles. The molecule has 0 unspecified atom stereocenters. The Bertz CT molecular complexity index is 178. The van der Waals surface area contributed by atoms with E-state index >= 15 is 0 Å². The number of hydrogen-bond acceptors (Lipinski definition) is 3. The van der Waals surface area contributed by atoms with E-state index in [2.05, 4.69) is 50.2 Å². The summed E-state index contributed by atoms with van der Waals surface area (Å²) in [5.74, 6) is 0. The Balaban J connectivity index is 3.14. The van der Waals surface area contributed by atoms with E-state index in [0.717, 1.165) is 3.70 Å². The van der Waals surface area contributed by atoms with Crippen LogP contribution in [0, 0.1) is 6.58 Å². The minimum Gasteiger partial charge on any atom is -0.375 e. The third-order valence-corrected chi connectivity index (χ3v) is 4.59. The molecule has 1 heterocycles. The number of hydrogen-bond donors (Lipinski definition) is 1. The fourth-order valence-corrected chi connectivity index (χ4v) is 2.30. The molecule has 0 saturated heterocycles.